The van der Waals surface area contributed by atoms with Crippen molar-refractivity contribution >= 4 is 5.91 Å². The van der Waals surface area contributed by atoms with E-state index in [1.54, 1.807) is 24.0 Å². The lowest BCUT2D eigenvalue weighted by Gasteiger charge is -2.23. The van der Waals surface area contributed by atoms with Crippen LogP contribution in [0.25, 0.3) is 0 Å². The first kappa shape index (κ1) is 13.7. The molecule has 0 saturated carbocycles. The fourth-order valence-electron chi connectivity index (χ4n) is 2.22. The van der Waals surface area contributed by atoms with Crippen LogP contribution in [-0.2, 0) is 4.79 Å². The van der Waals surface area contributed by atoms with Gasteiger partial charge in [-0.05, 0) is 31.5 Å². The number of halogens is 2. The first-order valence-corrected chi connectivity index (χ1v) is 6.14. The summed E-state index contributed by atoms with van der Waals surface area (Å²) in [5, 5.41) is 3.17. The van der Waals surface area contributed by atoms with Gasteiger partial charge in [0.05, 0.1) is 6.04 Å². The van der Waals surface area contributed by atoms with E-state index in [4.69, 9.17) is 0 Å². The summed E-state index contributed by atoms with van der Waals surface area (Å²) in [6, 6.07) is 6.09. The van der Waals surface area contributed by atoms with E-state index >= 15 is 0 Å². The second kappa shape index (κ2) is 5.52. The monoisotopic (exact) mass is 270 g/mol. The Kier molecular flexibility index (Phi) is 3.99. The SMILES string of the molecule is CCN1C(=O)C(C)NC1c1ccc(OC(F)F)cc1. The first-order chi connectivity index (χ1) is 9.02. The van der Waals surface area contributed by atoms with Crippen LogP contribution in [0, 0.1) is 0 Å². The lowest BCUT2D eigenvalue weighted by molar-refractivity contribution is -0.129. The van der Waals surface area contributed by atoms with Gasteiger partial charge in [0.2, 0.25) is 5.91 Å². The molecule has 1 amide bonds. The smallest absolute Gasteiger partial charge is 0.387 e. The van der Waals surface area contributed by atoms with Crippen molar-refractivity contribution in [3.8, 4) is 5.75 Å². The van der Waals surface area contributed by atoms with E-state index in [-0.39, 0.29) is 23.9 Å². The molecule has 1 saturated heterocycles. The standard InChI is InChI=1S/C13H16F2N2O2/c1-3-17-11(16-8(2)12(17)18)9-4-6-10(7-5-9)19-13(14)15/h4-8,11,13,16H,3H2,1-2H3. The van der Waals surface area contributed by atoms with Crippen LogP contribution < -0.4 is 10.1 Å². The zero-order valence-electron chi connectivity index (χ0n) is 10.8. The molecule has 4 nitrogen and oxygen atoms in total. The number of hydrogen-bond acceptors (Lipinski definition) is 3. The van der Waals surface area contributed by atoms with Crippen LogP contribution in [0.4, 0.5) is 8.78 Å². The maximum atomic E-state index is 12.1. The number of ether oxygens (including phenoxy) is 1. The van der Waals surface area contributed by atoms with Crippen molar-refractivity contribution in [1.29, 1.82) is 0 Å². The van der Waals surface area contributed by atoms with Gasteiger partial charge in [-0.1, -0.05) is 12.1 Å². The third kappa shape index (κ3) is 2.84. The third-order valence-electron chi connectivity index (χ3n) is 3.13. The minimum absolute atomic E-state index is 0.0420. The summed E-state index contributed by atoms with van der Waals surface area (Å²) >= 11 is 0. The highest BCUT2D eigenvalue weighted by Crippen LogP contribution is 2.26. The van der Waals surface area contributed by atoms with E-state index in [9.17, 15) is 13.6 Å². The molecular formula is C13H16F2N2O2. The van der Waals surface area contributed by atoms with Gasteiger partial charge in [-0.15, -0.1) is 0 Å². The molecule has 104 valence electrons. The third-order valence-corrected chi connectivity index (χ3v) is 3.13. The Morgan fingerprint density at radius 1 is 1.37 bits per heavy atom. The molecule has 1 heterocycles. The molecule has 2 atom stereocenters. The van der Waals surface area contributed by atoms with Crippen LogP contribution in [-0.4, -0.2) is 30.0 Å². The van der Waals surface area contributed by atoms with Gasteiger partial charge < -0.3 is 9.64 Å². The Balaban J connectivity index is 2.15. The molecule has 2 rings (SSSR count). The first-order valence-electron chi connectivity index (χ1n) is 6.14. The number of hydrogen-bond donors (Lipinski definition) is 1. The van der Waals surface area contributed by atoms with Gasteiger partial charge in [0.25, 0.3) is 0 Å². The van der Waals surface area contributed by atoms with Crippen molar-refractivity contribution in [3.63, 3.8) is 0 Å². The van der Waals surface area contributed by atoms with E-state index in [1.165, 1.54) is 12.1 Å². The molecular weight excluding hydrogens is 254 g/mol. The number of carbonyl (C=O) groups is 1. The summed E-state index contributed by atoms with van der Waals surface area (Å²) in [5.41, 5.74) is 0.848. The van der Waals surface area contributed by atoms with E-state index in [2.05, 4.69) is 10.1 Å². The number of carbonyl (C=O) groups excluding carboxylic acids is 1. The normalized spacial score (nSPS) is 23.2. The Hall–Kier alpha value is -1.69. The summed E-state index contributed by atoms with van der Waals surface area (Å²) in [5.74, 6) is 0.152. The van der Waals surface area contributed by atoms with Crippen LogP contribution in [0.2, 0.25) is 0 Å². The number of nitrogens with one attached hydrogen (secondary N) is 1. The molecule has 1 aromatic rings. The van der Waals surface area contributed by atoms with Gasteiger partial charge in [0.1, 0.15) is 11.9 Å². The van der Waals surface area contributed by atoms with Gasteiger partial charge in [0.15, 0.2) is 0 Å². The number of benzene rings is 1. The topological polar surface area (TPSA) is 41.6 Å². The van der Waals surface area contributed by atoms with E-state index < -0.39 is 6.61 Å². The van der Waals surface area contributed by atoms with Crippen LogP contribution in [0.1, 0.15) is 25.6 Å². The molecule has 0 spiro atoms. The lowest BCUT2D eigenvalue weighted by Crippen LogP contribution is -2.30. The van der Waals surface area contributed by atoms with Gasteiger partial charge in [-0.2, -0.15) is 8.78 Å². The molecule has 0 bridgehead atoms. The average molecular weight is 270 g/mol. The maximum Gasteiger partial charge on any atom is 0.387 e. The largest absolute Gasteiger partial charge is 0.435 e. The predicted octanol–water partition coefficient (Wildman–Crippen LogP) is 2.13. The van der Waals surface area contributed by atoms with Gasteiger partial charge in [0, 0.05) is 6.54 Å². The molecule has 0 aromatic heterocycles. The molecule has 1 fully saturated rings. The van der Waals surface area contributed by atoms with Crippen LogP contribution in [0.5, 0.6) is 5.75 Å². The average Bonchev–Trinajstić information content (AvgIpc) is 2.65. The quantitative estimate of drug-likeness (QED) is 0.911. The van der Waals surface area contributed by atoms with Crippen molar-refractivity contribution < 1.29 is 18.3 Å². The minimum atomic E-state index is -2.83. The highest BCUT2D eigenvalue weighted by atomic mass is 19.3. The summed E-state index contributed by atoms with van der Waals surface area (Å²) in [7, 11) is 0. The Bertz CT molecular complexity index is 450. The van der Waals surface area contributed by atoms with Gasteiger partial charge in [-0.25, -0.2) is 0 Å². The fraction of sp³-hybridized carbons (Fsp3) is 0.462. The predicted molar refractivity (Wildman–Crippen MR) is 65.8 cm³/mol. The molecule has 1 aromatic carbocycles. The molecule has 1 aliphatic heterocycles. The van der Waals surface area contributed by atoms with Crippen molar-refractivity contribution in [3.05, 3.63) is 29.8 Å². The minimum Gasteiger partial charge on any atom is -0.435 e. The van der Waals surface area contributed by atoms with Crippen molar-refractivity contribution in [2.45, 2.75) is 32.7 Å². The number of amides is 1. The van der Waals surface area contributed by atoms with Crippen LogP contribution >= 0.6 is 0 Å². The molecule has 0 radical (unpaired) electrons. The Labute approximate surface area is 110 Å². The van der Waals surface area contributed by atoms with Crippen molar-refractivity contribution in [1.82, 2.24) is 10.2 Å². The zero-order chi connectivity index (χ0) is 14.0. The summed E-state index contributed by atoms with van der Waals surface area (Å²) < 4.78 is 28.4. The van der Waals surface area contributed by atoms with Crippen molar-refractivity contribution in [2.75, 3.05) is 6.54 Å². The maximum absolute atomic E-state index is 12.1. The lowest BCUT2D eigenvalue weighted by atomic mass is 10.1. The molecule has 0 aliphatic carbocycles. The summed E-state index contributed by atoms with van der Waals surface area (Å²) in [6.07, 6.45) is -0.215. The number of rotatable bonds is 4. The summed E-state index contributed by atoms with van der Waals surface area (Å²) in [6.45, 7) is 1.47. The molecule has 6 heteroatoms. The molecule has 2 unspecified atom stereocenters. The molecule has 19 heavy (non-hydrogen) atoms. The second-order valence-corrected chi connectivity index (χ2v) is 4.36. The molecule has 1 aliphatic rings. The van der Waals surface area contributed by atoms with Crippen molar-refractivity contribution in [2.24, 2.45) is 0 Å². The fourth-order valence-corrected chi connectivity index (χ4v) is 2.22. The Morgan fingerprint density at radius 2 is 2.00 bits per heavy atom. The number of alkyl halides is 2. The highest BCUT2D eigenvalue weighted by molar-refractivity contribution is 5.84. The zero-order valence-corrected chi connectivity index (χ0v) is 10.8. The van der Waals surface area contributed by atoms with E-state index in [0.717, 1.165) is 5.56 Å². The second-order valence-electron chi connectivity index (χ2n) is 4.36. The van der Waals surface area contributed by atoms with E-state index in [0.29, 0.717) is 6.54 Å². The number of likely N-dealkylation sites (N-methyl/N-ethyl adjacent to an activating group) is 1. The van der Waals surface area contributed by atoms with Crippen LogP contribution in [0.15, 0.2) is 24.3 Å². The molecule has 1 N–H and O–H groups in total. The number of nitrogens with zero attached hydrogens (tertiary/aromatic N) is 1. The van der Waals surface area contributed by atoms with E-state index in [1.807, 2.05) is 6.92 Å². The summed E-state index contributed by atoms with van der Waals surface area (Å²) in [4.78, 5) is 13.6. The van der Waals surface area contributed by atoms with Gasteiger partial charge >= 0.3 is 6.61 Å². The highest BCUT2D eigenvalue weighted by Gasteiger charge is 2.35. The Morgan fingerprint density at radius 3 is 2.53 bits per heavy atom. The van der Waals surface area contributed by atoms with Crippen LogP contribution in [0.3, 0.4) is 0 Å². The van der Waals surface area contributed by atoms with Gasteiger partial charge in [-0.3, -0.25) is 10.1 Å².